The zero-order valence-corrected chi connectivity index (χ0v) is 11.2. The molecule has 3 nitrogen and oxygen atoms in total. The average Bonchev–Trinajstić information content (AvgIpc) is 2.74. The van der Waals surface area contributed by atoms with Gasteiger partial charge in [-0.05, 0) is 50.3 Å². The van der Waals surface area contributed by atoms with E-state index in [9.17, 15) is 5.11 Å². The fourth-order valence-electron chi connectivity index (χ4n) is 2.37. The molecule has 1 unspecified atom stereocenters. The van der Waals surface area contributed by atoms with Crippen molar-refractivity contribution >= 4 is 0 Å². The van der Waals surface area contributed by atoms with Gasteiger partial charge >= 0.3 is 0 Å². The fourth-order valence-corrected chi connectivity index (χ4v) is 2.37. The third-order valence-corrected chi connectivity index (χ3v) is 3.50. The Morgan fingerprint density at radius 1 is 1.22 bits per heavy atom. The molecule has 0 amide bonds. The van der Waals surface area contributed by atoms with E-state index in [-0.39, 0.29) is 0 Å². The number of aliphatic hydroxyl groups excluding tert-OH is 1. The van der Waals surface area contributed by atoms with Crippen molar-refractivity contribution in [3.8, 4) is 0 Å². The van der Waals surface area contributed by atoms with Gasteiger partial charge in [0.05, 0.1) is 18.1 Å². The van der Waals surface area contributed by atoms with Gasteiger partial charge in [-0.15, -0.1) is 0 Å². The second-order valence-corrected chi connectivity index (χ2v) is 4.84. The van der Waals surface area contributed by atoms with E-state index >= 15 is 0 Å². The Morgan fingerprint density at radius 3 is 2.44 bits per heavy atom. The predicted molar refractivity (Wildman–Crippen MR) is 72.5 cm³/mol. The van der Waals surface area contributed by atoms with Gasteiger partial charge in [0, 0.05) is 5.69 Å². The van der Waals surface area contributed by atoms with Crippen molar-refractivity contribution in [2.75, 3.05) is 0 Å². The average molecular weight is 244 g/mol. The summed E-state index contributed by atoms with van der Waals surface area (Å²) in [6, 6.07) is 6.31. The van der Waals surface area contributed by atoms with Crippen molar-refractivity contribution < 1.29 is 5.11 Å². The number of aliphatic hydroxyl groups is 1. The number of aromatic nitrogens is 2. The number of rotatable bonds is 4. The van der Waals surface area contributed by atoms with Crippen LogP contribution in [-0.4, -0.2) is 15.1 Å². The lowest BCUT2D eigenvalue weighted by Crippen LogP contribution is -2.03. The Balaban J connectivity index is 2.06. The van der Waals surface area contributed by atoms with E-state index < -0.39 is 6.10 Å². The first-order valence-corrected chi connectivity index (χ1v) is 6.32. The normalized spacial score (nSPS) is 12.7. The van der Waals surface area contributed by atoms with Gasteiger partial charge in [0.15, 0.2) is 0 Å². The van der Waals surface area contributed by atoms with Gasteiger partial charge in [0.25, 0.3) is 0 Å². The number of aryl methyl sites for hydroxylation is 3. The van der Waals surface area contributed by atoms with Crippen LogP contribution in [0.3, 0.4) is 0 Å². The Bertz CT molecular complexity index is 511. The molecule has 0 spiro atoms. The van der Waals surface area contributed by atoms with Crippen LogP contribution in [0.2, 0.25) is 0 Å². The quantitative estimate of drug-likeness (QED) is 0.868. The summed E-state index contributed by atoms with van der Waals surface area (Å²) in [4.78, 5) is 7.17. The highest BCUT2D eigenvalue weighted by Gasteiger charge is 2.14. The van der Waals surface area contributed by atoms with E-state index in [4.69, 9.17) is 0 Å². The lowest BCUT2D eigenvalue weighted by atomic mass is 9.96. The number of aromatic amines is 1. The van der Waals surface area contributed by atoms with Crippen LogP contribution < -0.4 is 0 Å². The van der Waals surface area contributed by atoms with Crippen molar-refractivity contribution in [2.45, 2.75) is 39.7 Å². The maximum absolute atomic E-state index is 10.2. The van der Waals surface area contributed by atoms with Crippen LogP contribution in [-0.2, 0) is 6.42 Å². The number of benzene rings is 1. The molecule has 0 fully saturated rings. The topological polar surface area (TPSA) is 48.9 Å². The second-order valence-electron chi connectivity index (χ2n) is 4.84. The fraction of sp³-hybridized carbons (Fsp3) is 0.400. The Labute approximate surface area is 108 Å². The summed E-state index contributed by atoms with van der Waals surface area (Å²) in [6.07, 6.45) is 2.73. The first-order chi connectivity index (χ1) is 8.59. The minimum atomic E-state index is -0.491. The van der Waals surface area contributed by atoms with Crippen molar-refractivity contribution in [3.63, 3.8) is 0 Å². The first kappa shape index (κ1) is 12.8. The van der Waals surface area contributed by atoms with Crippen molar-refractivity contribution in [2.24, 2.45) is 0 Å². The van der Waals surface area contributed by atoms with E-state index in [0.29, 0.717) is 6.42 Å². The molecule has 18 heavy (non-hydrogen) atoms. The first-order valence-electron chi connectivity index (χ1n) is 6.32. The number of hydrogen-bond donors (Lipinski definition) is 2. The molecule has 0 aliphatic rings. The zero-order chi connectivity index (χ0) is 13.1. The van der Waals surface area contributed by atoms with Gasteiger partial charge in [-0.2, -0.15) is 0 Å². The van der Waals surface area contributed by atoms with Gasteiger partial charge in [-0.25, -0.2) is 4.98 Å². The third kappa shape index (κ3) is 2.62. The minimum Gasteiger partial charge on any atom is -0.387 e. The number of hydrogen-bond acceptors (Lipinski definition) is 2. The summed E-state index contributed by atoms with van der Waals surface area (Å²) >= 11 is 0. The van der Waals surface area contributed by atoms with Crippen LogP contribution in [0.5, 0.6) is 0 Å². The number of nitrogens with one attached hydrogen (secondary N) is 1. The van der Waals surface area contributed by atoms with Crippen LogP contribution in [0.1, 0.15) is 40.6 Å². The van der Waals surface area contributed by atoms with Crippen LogP contribution in [0, 0.1) is 20.8 Å². The molecule has 3 heteroatoms. The number of H-pyrrole nitrogens is 1. The lowest BCUT2D eigenvalue weighted by molar-refractivity contribution is 0.163. The standard InChI is InChI=1S/C15H20N2O/c1-10-5-4-6-11(2)13(10)7-8-14(18)15-12(3)16-9-17-15/h4-6,9,14,18H,7-8H2,1-3H3,(H,16,17). The number of imidazole rings is 1. The summed E-state index contributed by atoms with van der Waals surface area (Å²) in [5.74, 6) is 0. The Hall–Kier alpha value is -1.61. The minimum absolute atomic E-state index is 0.491. The van der Waals surface area contributed by atoms with Gasteiger partial charge in [-0.1, -0.05) is 18.2 Å². The molecule has 0 saturated carbocycles. The highest BCUT2D eigenvalue weighted by atomic mass is 16.3. The van der Waals surface area contributed by atoms with Gasteiger partial charge < -0.3 is 10.1 Å². The molecule has 0 aliphatic heterocycles. The third-order valence-electron chi connectivity index (χ3n) is 3.50. The summed E-state index contributed by atoms with van der Waals surface area (Å²) in [6.45, 7) is 6.17. The summed E-state index contributed by atoms with van der Waals surface area (Å²) in [5, 5.41) is 10.2. The largest absolute Gasteiger partial charge is 0.387 e. The molecule has 0 radical (unpaired) electrons. The molecule has 2 rings (SSSR count). The molecule has 0 saturated heterocycles. The molecular weight excluding hydrogens is 224 g/mol. The van der Waals surface area contributed by atoms with Crippen LogP contribution in [0.4, 0.5) is 0 Å². The van der Waals surface area contributed by atoms with Crippen LogP contribution >= 0.6 is 0 Å². The SMILES string of the molecule is Cc1cccc(C)c1CCC(O)c1nc[nH]c1C. The van der Waals surface area contributed by atoms with E-state index in [2.05, 4.69) is 42.0 Å². The zero-order valence-electron chi connectivity index (χ0n) is 11.2. The predicted octanol–water partition coefficient (Wildman–Crippen LogP) is 3.00. The smallest absolute Gasteiger partial charge is 0.0981 e. The summed E-state index contributed by atoms with van der Waals surface area (Å²) in [7, 11) is 0. The Kier molecular flexibility index (Phi) is 3.82. The Morgan fingerprint density at radius 2 is 1.89 bits per heavy atom. The maximum Gasteiger partial charge on any atom is 0.0981 e. The van der Waals surface area contributed by atoms with Crippen LogP contribution in [0.25, 0.3) is 0 Å². The molecule has 2 aromatic rings. The summed E-state index contributed by atoms with van der Waals surface area (Å²) in [5.41, 5.74) is 5.64. The second kappa shape index (κ2) is 5.36. The van der Waals surface area contributed by atoms with Gasteiger partial charge in [0.2, 0.25) is 0 Å². The maximum atomic E-state index is 10.2. The lowest BCUT2D eigenvalue weighted by Gasteiger charge is -2.12. The van der Waals surface area contributed by atoms with E-state index in [1.54, 1.807) is 6.33 Å². The molecule has 96 valence electrons. The van der Waals surface area contributed by atoms with E-state index in [1.165, 1.54) is 16.7 Å². The molecular formula is C15H20N2O. The highest BCUT2D eigenvalue weighted by Crippen LogP contribution is 2.22. The van der Waals surface area contributed by atoms with Crippen molar-refractivity contribution in [3.05, 3.63) is 52.6 Å². The molecule has 0 bridgehead atoms. The molecule has 1 atom stereocenters. The van der Waals surface area contributed by atoms with Crippen molar-refractivity contribution in [1.29, 1.82) is 0 Å². The summed E-state index contributed by atoms with van der Waals surface area (Å²) < 4.78 is 0. The monoisotopic (exact) mass is 244 g/mol. The molecule has 1 heterocycles. The number of nitrogens with zero attached hydrogens (tertiary/aromatic N) is 1. The van der Waals surface area contributed by atoms with Crippen LogP contribution in [0.15, 0.2) is 24.5 Å². The molecule has 1 aromatic carbocycles. The molecule has 0 aliphatic carbocycles. The van der Waals surface area contributed by atoms with E-state index in [1.807, 2.05) is 6.92 Å². The van der Waals surface area contributed by atoms with Gasteiger partial charge in [0.1, 0.15) is 0 Å². The van der Waals surface area contributed by atoms with Crippen molar-refractivity contribution in [1.82, 2.24) is 9.97 Å². The molecule has 2 N–H and O–H groups in total. The van der Waals surface area contributed by atoms with Gasteiger partial charge in [-0.3, -0.25) is 0 Å². The molecule has 1 aromatic heterocycles. The highest BCUT2D eigenvalue weighted by molar-refractivity contribution is 5.33. The van der Waals surface area contributed by atoms with E-state index in [0.717, 1.165) is 17.8 Å².